The summed E-state index contributed by atoms with van der Waals surface area (Å²) in [5.41, 5.74) is 18.6. The Balaban J connectivity index is 2.03. The van der Waals surface area contributed by atoms with Crippen LogP contribution in [0.25, 0.3) is 50.4 Å². The van der Waals surface area contributed by atoms with E-state index < -0.39 is 0 Å². The highest BCUT2D eigenvalue weighted by Gasteiger charge is 2.23. The van der Waals surface area contributed by atoms with E-state index in [1.165, 1.54) is 39.5 Å². The number of fused-ring (bicyclic) bond motifs is 8. The van der Waals surface area contributed by atoms with Gasteiger partial charge < -0.3 is 14.7 Å². The number of carbonyl (C=O) groups excluding carboxylic acids is 1. The lowest BCUT2D eigenvalue weighted by molar-refractivity contribution is -0.137. The number of aryl methyl sites for hydroxylation is 4. The normalized spacial score (nSPS) is 13.5. The van der Waals surface area contributed by atoms with Gasteiger partial charge in [0.1, 0.15) is 0 Å². The van der Waals surface area contributed by atoms with E-state index in [1.54, 1.807) is 0 Å². The van der Waals surface area contributed by atoms with E-state index in [0.717, 1.165) is 87.2 Å². The second-order valence-corrected chi connectivity index (χ2v) is 11.4. The second-order valence-electron chi connectivity index (χ2n) is 11.4. The van der Waals surface area contributed by atoms with Crippen LogP contribution in [-0.2, 0) is 22.4 Å². The minimum absolute atomic E-state index is 0.328. The first-order valence-electron chi connectivity index (χ1n) is 15.7. The summed E-state index contributed by atoms with van der Waals surface area (Å²) in [4.78, 5) is 30.4. The maximum Gasteiger partial charge on any atom is 0.330 e. The summed E-state index contributed by atoms with van der Waals surface area (Å²) in [6, 6.07) is 6.59. The van der Waals surface area contributed by atoms with E-state index in [-0.39, 0.29) is 5.97 Å². The number of nitrogens with one attached hydrogen (secondary N) is 2. The van der Waals surface area contributed by atoms with E-state index in [9.17, 15) is 4.79 Å². The SMILES string of the molecule is CCOC(=O)/C=C/c1c2nc(cc3nc(cc4[nH]c(cc5[nH]c1c(C)c5CC)c(C)c4CC)C(C)=C3CC)C(C)=C2CC. The van der Waals surface area contributed by atoms with Gasteiger partial charge in [0.05, 0.1) is 34.9 Å². The Morgan fingerprint density at radius 1 is 0.721 bits per heavy atom. The summed E-state index contributed by atoms with van der Waals surface area (Å²) in [5.74, 6) is -0.364. The van der Waals surface area contributed by atoms with Crippen LogP contribution < -0.4 is 0 Å². The van der Waals surface area contributed by atoms with Gasteiger partial charge in [-0.3, -0.25) is 0 Å². The molecular weight excluding hydrogens is 532 g/mol. The highest BCUT2D eigenvalue weighted by molar-refractivity contribution is 5.99. The summed E-state index contributed by atoms with van der Waals surface area (Å²) in [5, 5.41) is 0. The molecule has 0 aliphatic carbocycles. The third-order valence-corrected chi connectivity index (χ3v) is 9.06. The van der Waals surface area contributed by atoms with Gasteiger partial charge in [0, 0.05) is 28.2 Å². The predicted molar refractivity (Wildman–Crippen MR) is 180 cm³/mol. The standard InChI is InChI=1S/C37H44N4O2/c1-10-24-21(7)30-18-34-26(12-3)23(9)36(41-34)28(15-16-35(42)43-14-5)37-27(13-4)22(8)31(40-37)19-33-25(11-2)20(6)29(38-33)17-32(24)39-30/h15-19,39,41H,10-14H2,1-9H3/b16-15+,29-17?,30-18?,31-19?,32-17?,33-19?,34-18?,36-28?,37-28?. The fourth-order valence-electron chi connectivity index (χ4n) is 6.67. The fraction of sp³-hybridized carbons (Fsp3) is 0.378. The molecule has 6 nitrogen and oxygen atoms in total. The van der Waals surface area contributed by atoms with Crippen molar-refractivity contribution >= 4 is 56.4 Å². The van der Waals surface area contributed by atoms with E-state index in [2.05, 4.69) is 83.6 Å². The first kappa shape index (κ1) is 30.3. The number of carbonyl (C=O) groups is 1. The number of hydrogen-bond acceptors (Lipinski definition) is 4. The molecule has 2 aliphatic heterocycles. The Labute approximate surface area is 255 Å². The quantitative estimate of drug-likeness (QED) is 0.217. The van der Waals surface area contributed by atoms with Crippen LogP contribution in [0, 0.1) is 13.8 Å². The van der Waals surface area contributed by atoms with Crippen LogP contribution in [0.4, 0.5) is 0 Å². The molecule has 0 unspecified atom stereocenters. The molecule has 224 valence electrons. The monoisotopic (exact) mass is 576 g/mol. The van der Waals surface area contributed by atoms with Crippen molar-refractivity contribution in [1.82, 2.24) is 19.9 Å². The zero-order chi connectivity index (χ0) is 31.0. The molecule has 43 heavy (non-hydrogen) atoms. The molecule has 2 N–H and O–H groups in total. The van der Waals surface area contributed by atoms with Gasteiger partial charge in [-0.15, -0.1) is 0 Å². The summed E-state index contributed by atoms with van der Waals surface area (Å²) < 4.78 is 5.26. The van der Waals surface area contributed by atoms with Gasteiger partial charge in [0.25, 0.3) is 0 Å². The average Bonchev–Trinajstić information content (AvgIpc) is 3.66. The molecule has 0 amide bonds. The molecule has 3 aromatic rings. The van der Waals surface area contributed by atoms with Gasteiger partial charge in [-0.2, -0.15) is 0 Å². The third kappa shape index (κ3) is 5.28. The summed E-state index contributed by atoms with van der Waals surface area (Å²) in [6.07, 6.45) is 6.89. The zero-order valence-corrected chi connectivity index (χ0v) is 27.1. The lowest BCUT2D eigenvalue weighted by Gasteiger charge is -2.05. The largest absolute Gasteiger partial charge is 0.463 e. The Bertz CT molecular complexity index is 1880. The lowest BCUT2D eigenvalue weighted by atomic mass is 9.98. The number of ether oxygens (including phenoxy) is 1. The highest BCUT2D eigenvalue weighted by atomic mass is 16.5. The first-order valence-corrected chi connectivity index (χ1v) is 15.7. The number of aromatic nitrogens is 4. The van der Waals surface area contributed by atoms with Crippen LogP contribution in [0.3, 0.4) is 0 Å². The Hall–Kier alpha value is -4.19. The second kappa shape index (κ2) is 12.2. The van der Waals surface area contributed by atoms with Crippen molar-refractivity contribution in [2.24, 2.45) is 0 Å². The number of aromatic amines is 2. The van der Waals surface area contributed by atoms with Gasteiger partial charge in [-0.05, 0) is 129 Å². The highest BCUT2D eigenvalue weighted by Crippen LogP contribution is 2.39. The molecule has 0 atom stereocenters. The van der Waals surface area contributed by atoms with Gasteiger partial charge in [0.15, 0.2) is 0 Å². The lowest BCUT2D eigenvalue weighted by Crippen LogP contribution is -1.99. The number of nitrogens with zero attached hydrogens (tertiary/aromatic N) is 2. The molecule has 2 aliphatic rings. The first-order chi connectivity index (χ1) is 20.7. The number of rotatable bonds is 7. The zero-order valence-electron chi connectivity index (χ0n) is 27.1. The molecule has 8 bridgehead atoms. The molecule has 0 fully saturated rings. The topological polar surface area (TPSA) is 83.7 Å². The third-order valence-electron chi connectivity index (χ3n) is 9.06. The number of allylic oxidation sites excluding steroid dienone is 4. The smallest absolute Gasteiger partial charge is 0.330 e. The van der Waals surface area contributed by atoms with Gasteiger partial charge in [-0.25, -0.2) is 14.8 Å². The summed E-state index contributed by atoms with van der Waals surface area (Å²) in [6.45, 7) is 19.6. The van der Waals surface area contributed by atoms with E-state index in [0.29, 0.717) is 6.61 Å². The van der Waals surface area contributed by atoms with Gasteiger partial charge >= 0.3 is 5.97 Å². The molecular formula is C37H44N4O2. The Kier molecular flexibility index (Phi) is 8.59. The van der Waals surface area contributed by atoms with Crippen LogP contribution in [0.2, 0.25) is 0 Å². The molecule has 0 aromatic carbocycles. The van der Waals surface area contributed by atoms with Crippen LogP contribution >= 0.6 is 0 Å². The van der Waals surface area contributed by atoms with Crippen molar-refractivity contribution in [3.05, 3.63) is 74.9 Å². The minimum atomic E-state index is -0.364. The van der Waals surface area contributed by atoms with E-state index in [1.807, 2.05) is 13.0 Å². The van der Waals surface area contributed by atoms with E-state index in [4.69, 9.17) is 14.7 Å². The van der Waals surface area contributed by atoms with Crippen LogP contribution in [0.1, 0.15) is 112 Å². The molecule has 6 heteroatoms. The number of esters is 1. The van der Waals surface area contributed by atoms with E-state index >= 15 is 0 Å². The molecule has 5 rings (SSSR count). The van der Waals surface area contributed by atoms with Gasteiger partial charge in [0.2, 0.25) is 0 Å². The van der Waals surface area contributed by atoms with Crippen LogP contribution in [0.15, 0.2) is 24.3 Å². The number of hydrogen-bond donors (Lipinski definition) is 2. The predicted octanol–water partition coefficient (Wildman–Crippen LogP) is 9.31. The molecule has 0 saturated carbocycles. The number of H-pyrrole nitrogens is 2. The Morgan fingerprint density at radius 2 is 1.35 bits per heavy atom. The van der Waals surface area contributed by atoms with Gasteiger partial charge in [-0.1, -0.05) is 27.7 Å². The van der Waals surface area contributed by atoms with Crippen molar-refractivity contribution in [2.75, 3.05) is 6.61 Å². The van der Waals surface area contributed by atoms with Crippen molar-refractivity contribution in [3.63, 3.8) is 0 Å². The molecule has 0 saturated heterocycles. The fourth-order valence-corrected chi connectivity index (χ4v) is 6.67. The summed E-state index contributed by atoms with van der Waals surface area (Å²) >= 11 is 0. The average molecular weight is 577 g/mol. The maximum absolute atomic E-state index is 12.5. The molecule has 0 radical (unpaired) electrons. The Morgan fingerprint density at radius 3 is 2.00 bits per heavy atom. The van der Waals surface area contributed by atoms with Crippen molar-refractivity contribution in [1.29, 1.82) is 0 Å². The maximum atomic E-state index is 12.5. The molecule has 3 aromatic heterocycles. The minimum Gasteiger partial charge on any atom is -0.463 e. The van der Waals surface area contributed by atoms with Crippen molar-refractivity contribution in [2.45, 2.75) is 88.0 Å². The summed E-state index contributed by atoms with van der Waals surface area (Å²) in [7, 11) is 0. The van der Waals surface area contributed by atoms with Crippen molar-refractivity contribution < 1.29 is 9.53 Å². The molecule has 0 spiro atoms. The van der Waals surface area contributed by atoms with Crippen LogP contribution in [0.5, 0.6) is 0 Å². The van der Waals surface area contributed by atoms with Crippen molar-refractivity contribution in [3.8, 4) is 0 Å². The van der Waals surface area contributed by atoms with Crippen LogP contribution in [-0.4, -0.2) is 32.5 Å². The molecule has 5 heterocycles.